The van der Waals surface area contributed by atoms with Crippen LogP contribution in [0, 0.1) is 46.3 Å². The van der Waals surface area contributed by atoms with Crippen LogP contribution in [0.15, 0.2) is 133 Å². The van der Waals surface area contributed by atoms with Crippen molar-refractivity contribution >= 4 is 57.2 Å². The van der Waals surface area contributed by atoms with Gasteiger partial charge >= 0.3 is 0 Å². The predicted molar refractivity (Wildman–Crippen MR) is 276 cm³/mol. The van der Waals surface area contributed by atoms with Crippen LogP contribution >= 0.6 is 0 Å². The molecule has 6 aromatic rings. The maximum Gasteiger partial charge on any atom is 0.252 e. The van der Waals surface area contributed by atoms with E-state index >= 15 is 0 Å². The van der Waals surface area contributed by atoms with Gasteiger partial charge in [-0.15, -0.1) is 0 Å². The van der Waals surface area contributed by atoms with Crippen LogP contribution in [-0.4, -0.2) is 23.3 Å². The van der Waals surface area contributed by atoms with Crippen molar-refractivity contribution in [2.75, 3.05) is 14.7 Å². The van der Waals surface area contributed by atoms with Gasteiger partial charge < -0.3 is 14.7 Å². The first-order valence-electron chi connectivity index (χ1n) is 27.4. The van der Waals surface area contributed by atoms with Gasteiger partial charge in [0.1, 0.15) is 0 Å². The van der Waals surface area contributed by atoms with E-state index in [0.29, 0.717) is 10.8 Å². The van der Waals surface area contributed by atoms with E-state index in [1.165, 1.54) is 128 Å². The lowest BCUT2D eigenvalue weighted by Gasteiger charge is -2.92. The van der Waals surface area contributed by atoms with Gasteiger partial charge in [0.15, 0.2) is 0 Å². The molecule has 2 bridgehead atoms. The average molecular weight is 882 g/mol. The zero-order valence-electron chi connectivity index (χ0n) is 39.8. The fraction of sp³-hybridized carbons (Fsp3) is 0.438. The second-order valence-corrected chi connectivity index (χ2v) is 26.0. The predicted octanol–water partition coefficient (Wildman–Crippen LogP) is 12.3. The van der Waals surface area contributed by atoms with Crippen LogP contribution in [-0.2, 0) is 10.8 Å². The summed E-state index contributed by atoms with van der Waals surface area (Å²) in [5.41, 5.74) is 22.5. The first-order valence-corrected chi connectivity index (χ1v) is 27.4. The summed E-state index contributed by atoms with van der Waals surface area (Å²) in [6.07, 6.45) is 17.9. The highest BCUT2D eigenvalue weighted by molar-refractivity contribution is 7.01. The van der Waals surface area contributed by atoms with Gasteiger partial charge in [-0.05, 0) is 193 Å². The largest absolute Gasteiger partial charge is 0.336 e. The third-order valence-electron chi connectivity index (χ3n) is 25.0. The molecule has 334 valence electrons. The van der Waals surface area contributed by atoms with Gasteiger partial charge in [0.2, 0.25) is 0 Å². The number of anilines is 6. The zero-order chi connectivity index (χ0) is 44.1. The Labute approximate surface area is 402 Å². The van der Waals surface area contributed by atoms with Gasteiger partial charge in [-0.1, -0.05) is 123 Å². The van der Waals surface area contributed by atoms with Crippen molar-refractivity contribution in [1.82, 2.24) is 0 Å². The number of para-hydroxylation sites is 1. The summed E-state index contributed by atoms with van der Waals surface area (Å²) < 4.78 is 0. The number of hydrogen-bond donors (Lipinski definition) is 0. The van der Waals surface area contributed by atoms with Crippen LogP contribution in [0.4, 0.5) is 34.1 Å². The first kappa shape index (κ1) is 36.7. The van der Waals surface area contributed by atoms with Crippen LogP contribution < -0.4 is 31.1 Å². The number of rotatable bonds is 5. The maximum atomic E-state index is 3.16. The van der Waals surface area contributed by atoms with E-state index in [4.69, 9.17) is 0 Å². The molecule has 0 aromatic heterocycles. The number of hydrogen-bond acceptors (Lipinski definition) is 3. The summed E-state index contributed by atoms with van der Waals surface area (Å²) in [6.45, 7) is 5.49. The highest BCUT2D eigenvalue weighted by Crippen LogP contribution is 2.91. The number of benzene rings is 6. The summed E-state index contributed by atoms with van der Waals surface area (Å²) in [7, 11) is 0. The fourth-order valence-electron chi connectivity index (χ4n) is 22.8. The van der Waals surface area contributed by atoms with Gasteiger partial charge in [0.05, 0.1) is 16.5 Å². The Hall–Kier alpha value is -5.22. The normalized spacial score (nSPS) is 41.0. The van der Waals surface area contributed by atoms with Crippen LogP contribution in [0.1, 0.15) is 125 Å². The quantitative estimate of drug-likeness (QED) is 0.160. The van der Waals surface area contributed by atoms with Crippen LogP contribution in [0.3, 0.4) is 0 Å². The molecule has 4 aliphatic heterocycles. The van der Waals surface area contributed by atoms with E-state index in [2.05, 4.69) is 162 Å². The van der Waals surface area contributed by atoms with E-state index in [9.17, 15) is 0 Å². The molecule has 0 saturated heterocycles. The molecule has 19 rings (SSSR count). The maximum absolute atomic E-state index is 3.16. The van der Waals surface area contributed by atoms with Crippen molar-refractivity contribution < 1.29 is 0 Å². The average Bonchev–Trinajstić information content (AvgIpc) is 3.90. The Bertz CT molecular complexity index is 3260. The van der Waals surface area contributed by atoms with E-state index < -0.39 is 5.41 Å². The van der Waals surface area contributed by atoms with Crippen molar-refractivity contribution in [3.05, 3.63) is 161 Å². The molecule has 4 heterocycles. The van der Waals surface area contributed by atoms with E-state index in [1.807, 2.05) is 0 Å². The van der Waals surface area contributed by atoms with Gasteiger partial charge in [0, 0.05) is 50.5 Å². The molecule has 6 unspecified atom stereocenters. The molecule has 68 heavy (non-hydrogen) atoms. The summed E-state index contributed by atoms with van der Waals surface area (Å²) in [4.78, 5) is 9.27. The molecule has 13 aliphatic rings. The van der Waals surface area contributed by atoms with Crippen LogP contribution in [0.25, 0.3) is 0 Å². The minimum Gasteiger partial charge on any atom is -0.336 e. The molecule has 0 amide bonds. The summed E-state index contributed by atoms with van der Waals surface area (Å²) in [5.74, 6) is 5.49. The van der Waals surface area contributed by atoms with E-state index in [0.717, 1.165) is 35.5 Å². The van der Waals surface area contributed by atoms with Gasteiger partial charge in [-0.2, -0.15) is 0 Å². The van der Waals surface area contributed by atoms with Crippen molar-refractivity contribution in [3.63, 3.8) is 0 Å². The highest BCUT2D eigenvalue weighted by Gasteiger charge is 2.90. The lowest BCUT2D eigenvalue weighted by atomic mass is 9.15. The van der Waals surface area contributed by atoms with Gasteiger partial charge in [-0.3, -0.25) is 0 Å². The van der Waals surface area contributed by atoms with Crippen LogP contribution in [0.5, 0.6) is 0 Å². The SMILES string of the molecule is CC12CCCCC1(C)N(c1cc3c4c(c1)N(C15CC6CC7CC(C1)C765)c1cccc5c1B4c1c(cccc1C5(c1ccccc1)c1ccccc1)N3C13CC4CC5CC(C1)C54C3)c1ccccc12. The van der Waals surface area contributed by atoms with Crippen LogP contribution in [0.2, 0.25) is 0 Å². The molecular weight excluding hydrogens is 822 g/mol. The molecule has 0 N–H and O–H groups in total. The standard InChI is InChI=1S/C64H60BN3/c1-58-25-11-12-26-59(58,2)66(50-22-10-9-19-47(50)58)46-31-53-57-54(32-46)68(61-35-44-29-41-30-45(36-61)64(41,44)61)52-24-14-21-49-56(52)65(57)55-48(63(49,38-15-5-3-6-16-38)39-17-7-4-8-18-39)20-13-23-51(55)67(53)60-33-42-27-40-28-43(34-60)62(40,42)37-60/h3-10,13-24,31-32,40-45H,11-12,25-30,33-37H2,1-2H3. The minimum absolute atomic E-state index is 0.00258. The van der Waals surface area contributed by atoms with E-state index in [1.54, 1.807) is 33.3 Å². The second-order valence-electron chi connectivity index (χ2n) is 26.0. The molecule has 9 saturated carbocycles. The molecule has 9 fully saturated rings. The Balaban J connectivity index is 0.963. The highest BCUT2D eigenvalue weighted by atomic mass is 15.3. The molecular formula is C64H60BN3. The molecule has 4 heteroatoms. The Morgan fingerprint density at radius 3 is 1.65 bits per heavy atom. The molecule has 6 atom stereocenters. The molecule has 2 spiro atoms. The lowest BCUT2D eigenvalue weighted by Crippen LogP contribution is -2.93. The lowest BCUT2D eigenvalue weighted by molar-refractivity contribution is -0.385. The molecule has 6 aromatic carbocycles. The third kappa shape index (κ3) is 3.35. The second kappa shape index (κ2) is 11.0. The molecule has 9 aliphatic carbocycles. The summed E-state index contributed by atoms with van der Waals surface area (Å²) in [6, 6.07) is 54.3. The first-order chi connectivity index (χ1) is 33.3. The third-order valence-corrected chi connectivity index (χ3v) is 25.0. The minimum atomic E-state index is -0.456. The van der Waals surface area contributed by atoms with Crippen molar-refractivity contribution in [2.24, 2.45) is 46.3 Å². The van der Waals surface area contributed by atoms with Gasteiger partial charge in [0.25, 0.3) is 6.71 Å². The Kier molecular flexibility index (Phi) is 5.96. The Morgan fingerprint density at radius 1 is 0.471 bits per heavy atom. The topological polar surface area (TPSA) is 9.72 Å². The molecule has 0 radical (unpaired) electrons. The zero-order valence-corrected chi connectivity index (χ0v) is 39.8. The smallest absolute Gasteiger partial charge is 0.252 e. The summed E-state index contributed by atoms with van der Waals surface area (Å²) >= 11 is 0. The van der Waals surface area contributed by atoms with Gasteiger partial charge in [-0.25, -0.2) is 0 Å². The fourth-order valence-corrected chi connectivity index (χ4v) is 22.8. The van der Waals surface area contributed by atoms with Crippen molar-refractivity contribution in [1.29, 1.82) is 0 Å². The van der Waals surface area contributed by atoms with Crippen molar-refractivity contribution in [3.8, 4) is 0 Å². The number of nitrogens with zero attached hydrogens (tertiary/aromatic N) is 3. The molecule has 3 nitrogen and oxygen atoms in total. The van der Waals surface area contributed by atoms with Crippen molar-refractivity contribution in [2.45, 2.75) is 125 Å². The number of fused-ring (bicyclic) bond motifs is 4. The summed E-state index contributed by atoms with van der Waals surface area (Å²) in [5, 5.41) is 0. The Morgan fingerprint density at radius 2 is 1.03 bits per heavy atom. The monoisotopic (exact) mass is 881 g/mol. The van der Waals surface area contributed by atoms with E-state index in [-0.39, 0.29) is 28.7 Å².